The van der Waals surface area contributed by atoms with E-state index in [9.17, 15) is 8.42 Å². The van der Waals surface area contributed by atoms with Crippen LogP contribution in [-0.4, -0.2) is 13.4 Å². The number of hydrogen-bond acceptors (Lipinski definition) is 5. The van der Waals surface area contributed by atoms with Crippen LogP contribution in [0.3, 0.4) is 0 Å². The number of thiazole rings is 1. The van der Waals surface area contributed by atoms with E-state index in [1.807, 2.05) is 30.3 Å². The molecule has 5 nitrogen and oxygen atoms in total. The summed E-state index contributed by atoms with van der Waals surface area (Å²) in [5.41, 5.74) is 4.02. The van der Waals surface area contributed by atoms with E-state index in [-0.39, 0.29) is 4.90 Å². The van der Waals surface area contributed by atoms with Gasteiger partial charge >= 0.3 is 0 Å². The molecule has 1 unspecified atom stereocenters. The van der Waals surface area contributed by atoms with E-state index in [1.165, 1.54) is 11.3 Å². The molecule has 2 heterocycles. The summed E-state index contributed by atoms with van der Waals surface area (Å²) in [6, 6.07) is 12.8. The molecule has 7 heteroatoms. The average Bonchev–Trinajstić information content (AvgIpc) is 2.96. The molecule has 21 heavy (non-hydrogen) atoms. The lowest BCUT2D eigenvalue weighted by Crippen LogP contribution is -2.38. The van der Waals surface area contributed by atoms with Gasteiger partial charge in [0.05, 0.1) is 21.4 Å². The third kappa shape index (κ3) is 2.01. The first-order valence-corrected chi connectivity index (χ1v) is 8.71. The molecule has 1 aromatic heterocycles. The first-order chi connectivity index (χ1) is 10.1. The summed E-state index contributed by atoms with van der Waals surface area (Å²) in [5.74, 6) is 0. The van der Waals surface area contributed by atoms with E-state index < -0.39 is 16.2 Å². The Morgan fingerprint density at radius 2 is 1.90 bits per heavy atom. The number of aromatic nitrogens is 1. The SMILES string of the molecule is O=S1(=O)NC(c2ccccc2)Nc2c1ccc1ncsc21. The molecule has 2 N–H and O–H groups in total. The molecular formula is C14H11N3O2S2. The zero-order valence-corrected chi connectivity index (χ0v) is 12.4. The summed E-state index contributed by atoms with van der Waals surface area (Å²) >= 11 is 1.43. The van der Waals surface area contributed by atoms with Crippen LogP contribution in [-0.2, 0) is 10.0 Å². The van der Waals surface area contributed by atoms with Crippen molar-refractivity contribution in [1.82, 2.24) is 9.71 Å². The molecule has 1 atom stereocenters. The second-order valence-electron chi connectivity index (χ2n) is 4.75. The maximum Gasteiger partial charge on any atom is 0.244 e. The van der Waals surface area contributed by atoms with Crippen molar-refractivity contribution in [2.45, 2.75) is 11.1 Å². The smallest absolute Gasteiger partial charge is 0.244 e. The Balaban J connectivity index is 1.92. The first kappa shape index (κ1) is 12.8. The number of sulfonamides is 1. The summed E-state index contributed by atoms with van der Waals surface area (Å²) < 4.78 is 28.4. The topological polar surface area (TPSA) is 71.1 Å². The normalized spacial score (nSPS) is 19.9. The van der Waals surface area contributed by atoms with Crippen molar-refractivity contribution in [3.8, 4) is 0 Å². The molecule has 3 aromatic rings. The van der Waals surface area contributed by atoms with E-state index in [0.29, 0.717) is 5.69 Å². The maximum absolute atomic E-state index is 12.5. The molecule has 0 aliphatic carbocycles. The van der Waals surface area contributed by atoms with Gasteiger partial charge in [-0.15, -0.1) is 11.3 Å². The highest BCUT2D eigenvalue weighted by molar-refractivity contribution is 7.89. The Morgan fingerprint density at radius 1 is 1.10 bits per heavy atom. The number of nitrogens with zero attached hydrogens (tertiary/aromatic N) is 1. The van der Waals surface area contributed by atoms with Crippen molar-refractivity contribution in [3.05, 3.63) is 53.5 Å². The quantitative estimate of drug-likeness (QED) is 0.724. The number of anilines is 1. The minimum Gasteiger partial charge on any atom is -0.363 e. The number of fused-ring (bicyclic) bond motifs is 3. The lowest BCUT2D eigenvalue weighted by atomic mass is 10.1. The number of nitrogens with one attached hydrogen (secondary N) is 2. The fourth-order valence-electron chi connectivity index (χ4n) is 2.46. The summed E-state index contributed by atoms with van der Waals surface area (Å²) in [5, 5.41) is 3.28. The van der Waals surface area contributed by atoms with Crippen LogP contribution in [0, 0.1) is 0 Å². The minimum absolute atomic E-state index is 0.270. The summed E-state index contributed by atoms with van der Waals surface area (Å²) in [6.45, 7) is 0. The highest BCUT2D eigenvalue weighted by atomic mass is 32.2. The maximum atomic E-state index is 12.5. The van der Waals surface area contributed by atoms with Gasteiger partial charge in [-0.1, -0.05) is 30.3 Å². The molecule has 0 amide bonds. The predicted octanol–water partition coefficient (Wildman–Crippen LogP) is 2.70. The largest absolute Gasteiger partial charge is 0.363 e. The molecule has 0 radical (unpaired) electrons. The third-order valence-electron chi connectivity index (χ3n) is 3.45. The number of rotatable bonds is 1. The van der Waals surface area contributed by atoms with Crippen LogP contribution in [0.25, 0.3) is 10.2 Å². The molecule has 2 aromatic carbocycles. The van der Waals surface area contributed by atoms with Crippen LogP contribution >= 0.6 is 11.3 Å². The average molecular weight is 317 g/mol. The fraction of sp³-hybridized carbons (Fsp3) is 0.0714. The second kappa shape index (κ2) is 4.52. The van der Waals surface area contributed by atoms with Gasteiger partial charge in [-0.05, 0) is 17.7 Å². The van der Waals surface area contributed by atoms with E-state index in [2.05, 4.69) is 15.0 Å². The van der Waals surface area contributed by atoms with Gasteiger partial charge in [-0.3, -0.25) is 0 Å². The molecule has 0 spiro atoms. The van der Waals surface area contributed by atoms with Gasteiger partial charge in [-0.2, -0.15) is 4.72 Å². The Morgan fingerprint density at radius 3 is 2.71 bits per heavy atom. The van der Waals surface area contributed by atoms with Crippen LogP contribution in [0.2, 0.25) is 0 Å². The zero-order chi connectivity index (χ0) is 14.4. The molecule has 1 aliphatic heterocycles. The van der Waals surface area contributed by atoms with Crippen LogP contribution in [0.4, 0.5) is 5.69 Å². The third-order valence-corrected chi connectivity index (χ3v) is 5.77. The molecular weight excluding hydrogens is 306 g/mol. The first-order valence-electron chi connectivity index (χ1n) is 6.35. The lowest BCUT2D eigenvalue weighted by Gasteiger charge is -2.28. The van der Waals surface area contributed by atoms with Crippen molar-refractivity contribution in [2.24, 2.45) is 0 Å². The van der Waals surface area contributed by atoms with Crippen LogP contribution in [0.5, 0.6) is 0 Å². The molecule has 0 bridgehead atoms. The molecule has 0 saturated heterocycles. The Bertz CT molecular complexity index is 920. The molecule has 106 valence electrons. The summed E-state index contributed by atoms with van der Waals surface area (Å²) in [4.78, 5) is 4.51. The van der Waals surface area contributed by atoms with E-state index in [4.69, 9.17) is 0 Å². The van der Waals surface area contributed by atoms with Gasteiger partial charge in [0, 0.05) is 0 Å². The Labute approximate surface area is 125 Å². The van der Waals surface area contributed by atoms with Crippen molar-refractivity contribution < 1.29 is 8.42 Å². The highest BCUT2D eigenvalue weighted by Crippen LogP contribution is 2.38. The van der Waals surface area contributed by atoms with Crippen molar-refractivity contribution in [2.75, 3.05) is 5.32 Å². The van der Waals surface area contributed by atoms with Gasteiger partial charge in [0.1, 0.15) is 11.1 Å². The zero-order valence-electron chi connectivity index (χ0n) is 10.8. The van der Waals surface area contributed by atoms with Crippen LogP contribution in [0.1, 0.15) is 11.7 Å². The van der Waals surface area contributed by atoms with E-state index in [1.54, 1.807) is 17.6 Å². The molecule has 0 saturated carbocycles. The van der Waals surface area contributed by atoms with Crippen LogP contribution in [0.15, 0.2) is 52.9 Å². The number of benzene rings is 2. The monoisotopic (exact) mass is 317 g/mol. The summed E-state index contributed by atoms with van der Waals surface area (Å²) in [7, 11) is -3.54. The van der Waals surface area contributed by atoms with Crippen molar-refractivity contribution >= 4 is 37.3 Å². The lowest BCUT2D eigenvalue weighted by molar-refractivity contribution is 0.563. The predicted molar refractivity (Wildman–Crippen MR) is 82.7 cm³/mol. The Hall–Kier alpha value is -1.96. The number of hydrogen-bond donors (Lipinski definition) is 2. The van der Waals surface area contributed by atoms with Crippen molar-refractivity contribution in [3.63, 3.8) is 0 Å². The van der Waals surface area contributed by atoms with E-state index >= 15 is 0 Å². The second-order valence-corrected chi connectivity index (χ2v) is 7.29. The van der Waals surface area contributed by atoms with Gasteiger partial charge in [0.2, 0.25) is 10.0 Å². The van der Waals surface area contributed by atoms with Crippen LogP contribution < -0.4 is 10.0 Å². The molecule has 4 rings (SSSR count). The summed E-state index contributed by atoms with van der Waals surface area (Å²) in [6.07, 6.45) is -0.476. The minimum atomic E-state index is -3.54. The van der Waals surface area contributed by atoms with Gasteiger partial charge in [0.15, 0.2) is 0 Å². The molecule has 0 fully saturated rings. The fourth-order valence-corrected chi connectivity index (χ4v) is 4.63. The Kier molecular flexibility index (Phi) is 2.75. The van der Waals surface area contributed by atoms with Crippen molar-refractivity contribution in [1.29, 1.82) is 0 Å². The van der Waals surface area contributed by atoms with Gasteiger partial charge in [-0.25, -0.2) is 13.4 Å². The van der Waals surface area contributed by atoms with Gasteiger partial charge in [0.25, 0.3) is 0 Å². The standard InChI is InChI=1S/C14H11N3O2S2/c18-21(19)11-7-6-10-13(20-8-15-10)12(11)16-14(17-21)9-4-2-1-3-5-9/h1-8,14,16-17H. The highest BCUT2D eigenvalue weighted by Gasteiger charge is 2.31. The van der Waals surface area contributed by atoms with E-state index in [0.717, 1.165) is 15.8 Å². The van der Waals surface area contributed by atoms with Gasteiger partial charge < -0.3 is 5.32 Å². The molecule has 1 aliphatic rings.